The number of para-hydroxylation sites is 1. The molecule has 0 spiro atoms. The molecule has 0 fully saturated rings. The fourth-order valence-electron chi connectivity index (χ4n) is 0.452. The number of aromatic hydroxyl groups is 1. The van der Waals surface area contributed by atoms with Gasteiger partial charge in [0, 0.05) is 0 Å². The Hall–Kier alpha value is -1.05. The van der Waals surface area contributed by atoms with Crippen molar-refractivity contribution in [2.24, 2.45) is 0 Å². The summed E-state index contributed by atoms with van der Waals surface area (Å²) in [6.45, 7) is 4.25. The molecule has 1 nitrogen and oxygen atoms in total. The van der Waals surface area contributed by atoms with Crippen LogP contribution in [0.3, 0.4) is 0 Å². The fourth-order valence-corrected chi connectivity index (χ4v) is 0.452. The van der Waals surface area contributed by atoms with Crippen LogP contribution in [0, 0.1) is 5.82 Å². The van der Waals surface area contributed by atoms with Crippen molar-refractivity contribution in [2.45, 2.75) is 20.3 Å². The van der Waals surface area contributed by atoms with Gasteiger partial charge in [-0.2, -0.15) is 0 Å². The Bertz CT molecular complexity index is 178. The van der Waals surface area contributed by atoms with Crippen molar-refractivity contribution in [1.82, 2.24) is 0 Å². The van der Waals surface area contributed by atoms with Crippen LogP contribution < -0.4 is 0 Å². The summed E-state index contributed by atoms with van der Waals surface area (Å²) in [7, 11) is 0. The van der Waals surface area contributed by atoms with Gasteiger partial charge < -0.3 is 5.11 Å². The lowest BCUT2D eigenvalue weighted by molar-refractivity contribution is 0.432. The second kappa shape index (κ2) is 5.71. The molecule has 0 saturated carbocycles. The molecule has 2 heteroatoms. The fraction of sp³-hybridized carbons (Fsp3) is 0.333. The normalized spacial score (nSPS) is 8.27. The highest BCUT2D eigenvalue weighted by Crippen LogP contribution is 2.11. The van der Waals surface area contributed by atoms with Gasteiger partial charge >= 0.3 is 0 Å². The number of hydrogen-bond donors (Lipinski definition) is 1. The Morgan fingerprint density at radius 1 is 1.27 bits per heavy atom. The number of benzene rings is 1. The van der Waals surface area contributed by atoms with E-state index in [-0.39, 0.29) is 5.75 Å². The van der Waals surface area contributed by atoms with Gasteiger partial charge in [-0.15, -0.1) is 0 Å². The zero-order valence-electron chi connectivity index (χ0n) is 6.84. The first-order valence-electron chi connectivity index (χ1n) is 3.65. The Morgan fingerprint density at radius 2 is 1.73 bits per heavy atom. The molecule has 62 valence electrons. The van der Waals surface area contributed by atoms with E-state index in [1.54, 1.807) is 6.07 Å². The molecule has 1 N–H and O–H groups in total. The lowest BCUT2D eigenvalue weighted by Crippen LogP contribution is -1.70. The number of phenols is 1. The minimum atomic E-state index is -0.576. The smallest absolute Gasteiger partial charge is 0.164 e. The summed E-state index contributed by atoms with van der Waals surface area (Å²) >= 11 is 0. The molecule has 0 saturated heterocycles. The summed E-state index contributed by atoms with van der Waals surface area (Å²) in [5.41, 5.74) is 0. The molecule has 0 bridgehead atoms. The molecule has 0 amide bonds. The van der Waals surface area contributed by atoms with Crippen LogP contribution in [0.15, 0.2) is 24.3 Å². The van der Waals surface area contributed by atoms with Crippen LogP contribution in [0.2, 0.25) is 0 Å². The molecule has 1 aromatic carbocycles. The van der Waals surface area contributed by atoms with Gasteiger partial charge in [-0.05, 0) is 12.1 Å². The van der Waals surface area contributed by atoms with E-state index < -0.39 is 5.82 Å². The van der Waals surface area contributed by atoms with E-state index in [1.165, 1.54) is 24.6 Å². The molecule has 11 heavy (non-hydrogen) atoms. The minimum Gasteiger partial charge on any atom is -0.505 e. The van der Waals surface area contributed by atoms with Gasteiger partial charge in [-0.1, -0.05) is 32.4 Å². The maximum absolute atomic E-state index is 12.1. The third-order valence-corrected chi connectivity index (χ3v) is 0.852. The number of halogens is 1. The Balaban J connectivity index is 0.000000292. The monoisotopic (exact) mass is 156 g/mol. The van der Waals surface area contributed by atoms with Crippen molar-refractivity contribution in [3.63, 3.8) is 0 Å². The molecule has 0 atom stereocenters. The minimum absolute atomic E-state index is 0.299. The average molecular weight is 156 g/mol. The van der Waals surface area contributed by atoms with Gasteiger partial charge in [0.25, 0.3) is 0 Å². The molecule has 0 radical (unpaired) electrons. The van der Waals surface area contributed by atoms with Crippen molar-refractivity contribution in [3.05, 3.63) is 30.1 Å². The lowest BCUT2D eigenvalue weighted by Gasteiger charge is -1.88. The van der Waals surface area contributed by atoms with E-state index in [9.17, 15) is 4.39 Å². The highest BCUT2D eigenvalue weighted by Gasteiger charge is 1.91. The number of hydrogen-bond acceptors (Lipinski definition) is 1. The van der Waals surface area contributed by atoms with Gasteiger partial charge in [0.15, 0.2) is 11.6 Å². The zero-order chi connectivity index (χ0) is 8.69. The first-order chi connectivity index (χ1) is 5.22. The summed E-state index contributed by atoms with van der Waals surface area (Å²) in [4.78, 5) is 0. The summed E-state index contributed by atoms with van der Waals surface area (Å²) in [6.07, 6.45) is 1.25. The largest absolute Gasteiger partial charge is 0.505 e. The maximum atomic E-state index is 12.1. The molecule has 0 aliphatic heterocycles. The standard InChI is InChI=1S/C6H5FO.C3H8/c7-5-3-1-2-4-6(5)8;1-3-2/h1-4,8H;3H2,1-2H3. The van der Waals surface area contributed by atoms with Crippen molar-refractivity contribution in [1.29, 1.82) is 0 Å². The average Bonchev–Trinajstić information content (AvgIpc) is 1.97. The van der Waals surface area contributed by atoms with Gasteiger partial charge in [0.2, 0.25) is 0 Å². The Labute approximate surface area is 66.5 Å². The van der Waals surface area contributed by atoms with Crippen LogP contribution >= 0.6 is 0 Å². The molecule has 0 unspecified atom stereocenters. The second-order valence-corrected chi connectivity index (χ2v) is 2.16. The highest BCUT2D eigenvalue weighted by molar-refractivity contribution is 5.21. The zero-order valence-corrected chi connectivity index (χ0v) is 6.84. The van der Waals surface area contributed by atoms with Crippen molar-refractivity contribution < 1.29 is 9.50 Å². The van der Waals surface area contributed by atoms with Crippen LogP contribution in [0.5, 0.6) is 5.75 Å². The van der Waals surface area contributed by atoms with E-state index in [0.29, 0.717) is 0 Å². The van der Waals surface area contributed by atoms with E-state index in [2.05, 4.69) is 13.8 Å². The highest BCUT2D eigenvalue weighted by atomic mass is 19.1. The predicted molar refractivity (Wildman–Crippen MR) is 44.0 cm³/mol. The lowest BCUT2D eigenvalue weighted by atomic mass is 10.3. The van der Waals surface area contributed by atoms with E-state index >= 15 is 0 Å². The van der Waals surface area contributed by atoms with Crippen LogP contribution in [0.1, 0.15) is 20.3 Å². The van der Waals surface area contributed by atoms with Crippen LogP contribution in [0.25, 0.3) is 0 Å². The molecule has 0 aliphatic carbocycles. The van der Waals surface area contributed by atoms with Crippen LogP contribution in [0.4, 0.5) is 4.39 Å². The van der Waals surface area contributed by atoms with E-state index in [1.807, 2.05) is 0 Å². The van der Waals surface area contributed by atoms with E-state index in [0.717, 1.165) is 0 Å². The molecule has 1 rings (SSSR count). The van der Waals surface area contributed by atoms with Crippen molar-refractivity contribution >= 4 is 0 Å². The molecule has 0 aromatic heterocycles. The molecular weight excluding hydrogens is 143 g/mol. The number of rotatable bonds is 0. The first kappa shape index (κ1) is 9.95. The summed E-state index contributed by atoms with van der Waals surface area (Å²) in [5.74, 6) is -0.875. The SMILES string of the molecule is CCC.Oc1ccccc1F. The summed E-state index contributed by atoms with van der Waals surface area (Å²) < 4.78 is 12.1. The van der Waals surface area contributed by atoms with Gasteiger partial charge in [-0.25, -0.2) is 4.39 Å². The molecule has 0 heterocycles. The molecule has 1 aromatic rings. The van der Waals surface area contributed by atoms with Crippen molar-refractivity contribution in [2.75, 3.05) is 0 Å². The van der Waals surface area contributed by atoms with Gasteiger partial charge in [0.05, 0.1) is 0 Å². The quantitative estimate of drug-likeness (QED) is 0.612. The summed E-state index contributed by atoms with van der Waals surface area (Å²) in [5, 5.41) is 8.54. The molecular formula is C9H13FO. The molecule has 0 aliphatic rings. The predicted octanol–water partition coefficient (Wildman–Crippen LogP) is 2.95. The first-order valence-corrected chi connectivity index (χ1v) is 3.65. The Morgan fingerprint density at radius 3 is 2.00 bits per heavy atom. The van der Waals surface area contributed by atoms with E-state index in [4.69, 9.17) is 5.11 Å². The third kappa shape index (κ3) is 4.37. The van der Waals surface area contributed by atoms with Crippen LogP contribution in [-0.2, 0) is 0 Å². The Kier molecular flexibility index (Phi) is 5.17. The third-order valence-electron chi connectivity index (χ3n) is 0.852. The second-order valence-electron chi connectivity index (χ2n) is 2.16. The maximum Gasteiger partial charge on any atom is 0.164 e. The topological polar surface area (TPSA) is 20.2 Å². The van der Waals surface area contributed by atoms with Gasteiger partial charge in [-0.3, -0.25) is 0 Å². The number of phenolic OH excluding ortho intramolecular Hbond substituents is 1. The van der Waals surface area contributed by atoms with Crippen LogP contribution in [-0.4, -0.2) is 5.11 Å². The van der Waals surface area contributed by atoms with Crippen molar-refractivity contribution in [3.8, 4) is 5.75 Å². The van der Waals surface area contributed by atoms with Gasteiger partial charge in [0.1, 0.15) is 0 Å². The summed E-state index contributed by atoms with van der Waals surface area (Å²) in [6, 6.07) is 5.60.